The van der Waals surface area contributed by atoms with Gasteiger partial charge in [0.2, 0.25) is 5.91 Å². The van der Waals surface area contributed by atoms with Crippen LogP contribution in [0.25, 0.3) is 5.65 Å². The number of carbonyl (C=O) groups is 2. The number of thioether (sulfide) groups is 1. The number of anilines is 1. The van der Waals surface area contributed by atoms with Gasteiger partial charge in [0.25, 0.3) is 5.91 Å². The summed E-state index contributed by atoms with van der Waals surface area (Å²) in [4.78, 5) is 24.6. The summed E-state index contributed by atoms with van der Waals surface area (Å²) in [6, 6.07) is 16.4. The minimum absolute atomic E-state index is 0.140. The number of hydrogen-bond donors (Lipinski definition) is 2. The van der Waals surface area contributed by atoms with Crippen molar-refractivity contribution in [3.8, 4) is 0 Å². The van der Waals surface area contributed by atoms with Crippen molar-refractivity contribution in [3.63, 3.8) is 0 Å². The molecule has 0 saturated heterocycles. The highest BCUT2D eigenvalue weighted by Crippen LogP contribution is 2.21. The van der Waals surface area contributed by atoms with Crippen molar-refractivity contribution < 1.29 is 9.59 Å². The molecule has 0 aliphatic heterocycles. The van der Waals surface area contributed by atoms with E-state index < -0.39 is 0 Å². The van der Waals surface area contributed by atoms with Crippen molar-refractivity contribution in [3.05, 3.63) is 82.1 Å². The second-order valence-corrected chi connectivity index (χ2v) is 9.13. The van der Waals surface area contributed by atoms with E-state index in [1.165, 1.54) is 11.8 Å². The number of nitrogens with one attached hydrogen (secondary N) is 2. The van der Waals surface area contributed by atoms with Crippen LogP contribution < -0.4 is 10.6 Å². The lowest BCUT2D eigenvalue weighted by atomic mass is 10.1. The maximum atomic E-state index is 12.3. The molecule has 0 atom stereocenters. The highest BCUT2D eigenvalue weighted by molar-refractivity contribution is 7.99. The Labute approximate surface area is 206 Å². The van der Waals surface area contributed by atoms with E-state index in [0.717, 1.165) is 11.1 Å². The van der Waals surface area contributed by atoms with E-state index >= 15 is 0 Å². The molecule has 2 amide bonds. The lowest BCUT2D eigenvalue weighted by molar-refractivity contribution is -0.113. The molecule has 8 nitrogen and oxygen atoms in total. The van der Waals surface area contributed by atoms with Gasteiger partial charge in [-0.25, -0.2) is 0 Å². The molecule has 0 fully saturated rings. The predicted molar refractivity (Wildman–Crippen MR) is 134 cm³/mol. The molecule has 2 heterocycles. The zero-order valence-electron chi connectivity index (χ0n) is 18.7. The van der Waals surface area contributed by atoms with Crippen LogP contribution in [0.1, 0.15) is 27.3 Å². The van der Waals surface area contributed by atoms with Gasteiger partial charge in [-0.1, -0.05) is 47.1 Å². The van der Waals surface area contributed by atoms with E-state index in [2.05, 4.69) is 25.9 Å². The summed E-state index contributed by atoms with van der Waals surface area (Å²) in [7, 11) is 0. The lowest BCUT2D eigenvalue weighted by Crippen LogP contribution is -2.26. The molecule has 0 radical (unpaired) electrons. The Kier molecular flexibility index (Phi) is 7.44. The molecule has 2 aromatic heterocycles. The molecule has 0 spiro atoms. The van der Waals surface area contributed by atoms with Crippen LogP contribution in [-0.4, -0.2) is 43.9 Å². The van der Waals surface area contributed by atoms with E-state index in [-0.39, 0.29) is 17.6 Å². The van der Waals surface area contributed by atoms with Crippen LogP contribution in [0.4, 0.5) is 5.69 Å². The fraction of sp³-hybridized carbons (Fsp3) is 0.208. The summed E-state index contributed by atoms with van der Waals surface area (Å²) in [5.41, 5.74) is 3.91. The van der Waals surface area contributed by atoms with Crippen LogP contribution in [0.2, 0.25) is 5.02 Å². The van der Waals surface area contributed by atoms with E-state index in [1.807, 2.05) is 38.1 Å². The molecule has 0 saturated carbocycles. The zero-order chi connectivity index (χ0) is 24.1. The van der Waals surface area contributed by atoms with Crippen molar-refractivity contribution in [2.24, 2.45) is 0 Å². The smallest absolute Gasteiger partial charge is 0.251 e. The number of nitrogens with zero attached hydrogens (tertiary/aromatic N) is 4. The Balaban J connectivity index is 1.33. The Morgan fingerprint density at radius 3 is 2.59 bits per heavy atom. The number of fused-ring (bicyclic) bond motifs is 1. The monoisotopic (exact) mass is 494 g/mol. The first-order valence-corrected chi connectivity index (χ1v) is 12.0. The first-order chi connectivity index (χ1) is 16.4. The quantitative estimate of drug-likeness (QED) is 0.358. The van der Waals surface area contributed by atoms with Crippen molar-refractivity contribution in [1.82, 2.24) is 25.1 Å². The van der Waals surface area contributed by atoms with Gasteiger partial charge in [-0.05, 0) is 55.8 Å². The number of aromatic nitrogens is 4. The summed E-state index contributed by atoms with van der Waals surface area (Å²) in [6.07, 6.45) is 0.467. The van der Waals surface area contributed by atoms with Gasteiger partial charge in [0.15, 0.2) is 11.5 Å². The Hall–Kier alpha value is -3.43. The maximum absolute atomic E-state index is 12.3. The summed E-state index contributed by atoms with van der Waals surface area (Å²) >= 11 is 7.42. The van der Waals surface area contributed by atoms with Gasteiger partial charge in [-0.15, -0.1) is 10.2 Å². The predicted octanol–water partition coefficient (Wildman–Crippen LogP) is 4.10. The minimum atomic E-state index is -0.158. The number of hydrogen-bond acceptors (Lipinski definition) is 6. The number of rotatable bonds is 8. The summed E-state index contributed by atoms with van der Waals surface area (Å²) in [5, 5.41) is 19.8. The first kappa shape index (κ1) is 23.7. The van der Waals surface area contributed by atoms with Gasteiger partial charge in [0.1, 0.15) is 5.03 Å². The van der Waals surface area contributed by atoms with Crippen molar-refractivity contribution in [1.29, 1.82) is 0 Å². The zero-order valence-corrected chi connectivity index (χ0v) is 20.3. The number of amides is 2. The van der Waals surface area contributed by atoms with Crippen LogP contribution >= 0.6 is 23.4 Å². The van der Waals surface area contributed by atoms with Crippen LogP contribution in [0, 0.1) is 13.8 Å². The average molecular weight is 495 g/mol. The maximum Gasteiger partial charge on any atom is 0.251 e. The number of halogens is 1. The molecule has 2 N–H and O–H groups in total. The number of benzene rings is 2. The van der Waals surface area contributed by atoms with E-state index in [9.17, 15) is 9.59 Å². The normalized spacial score (nSPS) is 10.9. The SMILES string of the molecule is Cc1ccc(C(=O)NCCc2nnc3ccc(SCC(=O)Nc4ccc(C)c(Cl)c4)nn23)cc1. The number of carbonyl (C=O) groups excluding carboxylic acids is 2. The molecule has 4 rings (SSSR count). The van der Waals surface area contributed by atoms with Crippen molar-refractivity contribution in [2.45, 2.75) is 25.3 Å². The molecule has 174 valence electrons. The Morgan fingerprint density at radius 1 is 1.03 bits per heavy atom. The van der Waals surface area contributed by atoms with E-state index in [1.54, 1.807) is 34.8 Å². The highest BCUT2D eigenvalue weighted by Gasteiger charge is 2.11. The molecular formula is C24H23ClN6O2S. The third-order valence-corrected chi connectivity index (χ3v) is 6.38. The number of aryl methyl sites for hydroxylation is 2. The van der Waals surface area contributed by atoms with Crippen LogP contribution in [0.15, 0.2) is 59.6 Å². The molecule has 0 unspecified atom stereocenters. The fourth-order valence-corrected chi connectivity index (χ4v) is 3.99. The largest absolute Gasteiger partial charge is 0.352 e. The fourth-order valence-electron chi connectivity index (χ4n) is 3.15. The molecule has 0 aliphatic carbocycles. The van der Waals surface area contributed by atoms with Crippen LogP contribution in [-0.2, 0) is 11.2 Å². The second kappa shape index (κ2) is 10.7. The topological polar surface area (TPSA) is 101 Å². The van der Waals surface area contributed by atoms with Gasteiger partial charge in [-0.2, -0.15) is 9.61 Å². The van der Waals surface area contributed by atoms with Gasteiger partial charge in [0, 0.05) is 29.2 Å². The molecule has 2 aromatic carbocycles. The lowest BCUT2D eigenvalue weighted by Gasteiger charge is -2.07. The Bertz CT molecular complexity index is 1340. The Morgan fingerprint density at radius 2 is 1.82 bits per heavy atom. The van der Waals surface area contributed by atoms with Gasteiger partial charge in [-0.3, -0.25) is 9.59 Å². The molecule has 4 aromatic rings. The van der Waals surface area contributed by atoms with Gasteiger partial charge in [0.05, 0.1) is 5.75 Å². The van der Waals surface area contributed by atoms with Crippen LogP contribution in [0.3, 0.4) is 0 Å². The van der Waals surface area contributed by atoms with E-state index in [0.29, 0.717) is 45.7 Å². The van der Waals surface area contributed by atoms with Gasteiger partial charge < -0.3 is 10.6 Å². The summed E-state index contributed by atoms with van der Waals surface area (Å²) in [6.45, 7) is 4.28. The minimum Gasteiger partial charge on any atom is -0.352 e. The summed E-state index contributed by atoms with van der Waals surface area (Å²) < 4.78 is 1.64. The molecule has 0 aliphatic rings. The highest BCUT2D eigenvalue weighted by atomic mass is 35.5. The third kappa shape index (κ3) is 5.92. The average Bonchev–Trinajstić information content (AvgIpc) is 3.23. The summed E-state index contributed by atoms with van der Waals surface area (Å²) in [5.74, 6) is 0.516. The van der Waals surface area contributed by atoms with Crippen molar-refractivity contribution in [2.75, 3.05) is 17.6 Å². The van der Waals surface area contributed by atoms with Gasteiger partial charge >= 0.3 is 0 Å². The van der Waals surface area contributed by atoms with E-state index in [4.69, 9.17) is 11.6 Å². The first-order valence-electron chi connectivity index (χ1n) is 10.6. The standard InChI is InChI=1S/C24H23ClN6O2S/c1-15-3-6-17(7-4-15)24(33)26-12-11-21-29-28-20-9-10-23(30-31(20)21)34-14-22(32)27-18-8-5-16(2)19(25)13-18/h3-10,13H,11-12,14H2,1-2H3,(H,26,33)(H,27,32). The third-order valence-electron chi connectivity index (χ3n) is 5.06. The second-order valence-electron chi connectivity index (χ2n) is 7.73. The van der Waals surface area contributed by atoms with Crippen molar-refractivity contribution >= 4 is 46.5 Å². The van der Waals surface area contributed by atoms with Crippen LogP contribution in [0.5, 0.6) is 0 Å². The molecule has 34 heavy (non-hydrogen) atoms. The molecular weight excluding hydrogens is 472 g/mol. The molecule has 10 heteroatoms. The molecule has 0 bridgehead atoms.